The largest absolute Gasteiger partial charge is 0.388 e. The quantitative estimate of drug-likeness (QED) is 0.714. The summed E-state index contributed by atoms with van der Waals surface area (Å²) in [7, 11) is 0. The molecule has 0 saturated carbocycles. The van der Waals surface area contributed by atoms with Crippen LogP contribution in [0.3, 0.4) is 0 Å². The van der Waals surface area contributed by atoms with E-state index in [1.54, 1.807) is 18.2 Å². The van der Waals surface area contributed by atoms with Crippen LogP contribution >= 0.6 is 39.1 Å². The number of rotatable bonds is 3. The van der Waals surface area contributed by atoms with Crippen molar-refractivity contribution in [3.05, 3.63) is 67.6 Å². The van der Waals surface area contributed by atoms with Gasteiger partial charge < -0.3 is 5.11 Å². The molecule has 0 aliphatic carbocycles. The smallest absolute Gasteiger partial charge is 0.173 e. The van der Waals surface area contributed by atoms with E-state index >= 15 is 0 Å². The van der Waals surface area contributed by atoms with Gasteiger partial charge in [-0.2, -0.15) is 0 Å². The van der Waals surface area contributed by atoms with Crippen molar-refractivity contribution in [2.45, 2.75) is 12.5 Å². The van der Waals surface area contributed by atoms with E-state index < -0.39 is 17.7 Å². The topological polar surface area (TPSA) is 20.2 Å². The van der Waals surface area contributed by atoms with Gasteiger partial charge in [0.2, 0.25) is 0 Å². The van der Waals surface area contributed by atoms with Gasteiger partial charge in [-0.15, -0.1) is 0 Å². The SMILES string of the molecule is OC(Cc1ccc(Cl)cc1Cl)c1ccc(F)c(F)c1Br. The molecule has 1 unspecified atom stereocenters. The lowest BCUT2D eigenvalue weighted by Gasteiger charge is -2.14. The highest BCUT2D eigenvalue weighted by Gasteiger charge is 2.18. The number of hydrogen-bond donors (Lipinski definition) is 1. The Morgan fingerprint density at radius 2 is 1.85 bits per heavy atom. The Labute approximate surface area is 133 Å². The van der Waals surface area contributed by atoms with Crippen LogP contribution in [0.5, 0.6) is 0 Å². The van der Waals surface area contributed by atoms with Gasteiger partial charge in [-0.1, -0.05) is 35.3 Å². The van der Waals surface area contributed by atoms with Gasteiger partial charge in [-0.05, 0) is 45.3 Å². The standard InChI is InChI=1S/C14H9BrCl2F2O/c15-13-9(3-4-11(18)14(13)19)12(20)5-7-1-2-8(16)6-10(7)17/h1-4,6,12,20H,5H2. The maximum atomic E-state index is 13.4. The first-order valence-electron chi connectivity index (χ1n) is 5.65. The molecule has 0 aromatic heterocycles. The number of benzene rings is 2. The molecule has 0 radical (unpaired) electrons. The second kappa shape index (κ2) is 6.39. The molecule has 2 rings (SSSR count). The number of aliphatic hydroxyl groups excluding tert-OH is 1. The maximum absolute atomic E-state index is 13.4. The van der Waals surface area contributed by atoms with E-state index in [9.17, 15) is 13.9 Å². The van der Waals surface area contributed by atoms with Crippen molar-refractivity contribution in [3.63, 3.8) is 0 Å². The first kappa shape index (κ1) is 15.7. The molecule has 6 heteroatoms. The van der Waals surface area contributed by atoms with E-state index in [1.807, 2.05) is 0 Å². The molecule has 1 nitrogen and oxygen atoms in total. The van der Waals surface area contributed by atoms with Crippen LogP contribution in [0.25, 0.3) is 0 Å². The third-order valence-corrected chi connectivity index (χ3v) is 4.25. The van der Waals surface area contributed by atoms with Crippen LogP contribution in [0.1, 0.15) is 17.2 Å². The average molecular weight is 382 g/mol. The first-order chi connectivity index (χ1) is 9.40. The molecule has 1 N–H and O–H groups in total. The lowest BCUT2D eigenvalue weighted by atomic mass is 10.0. The molecule has 2 aromatic carbocycles. The Balaban J connectivity index is 2.28. The van der Waals surface area contributed by atoms with Gasteiger partial charge in [0, 0.05) is 16.5 Å². The third kappa shape index (κ3) is 3.31. The second-order valence-electron chi connectivity index (χ2n) is 4.22. The van der Waals surface area contributed by atoms with E-state index in [1.165, 1.54) is 6.07 Å². The number of hydrogen-bond acceptors (Lipinski definition) is 1. The van der Waals surface area contributed by atoms with Crippen LogP contribution in [0, 0.1) is 11.6 Å². The molecule has 1 atom stereocenters. The van der Waals surface area contributed by atoms with Crippen molar-refractivity contribution >= 4 is 39.1 Å². The van der Waals surface area contributed by atoms with Crippen molar-refractivity contribution in [3.8, 4) is 0 Å². The highest BCUT2D eigenvalue weighted by molar-refractivity contribution is 9.10. The van der Waals surface area contributed by atoms with Crippen molar-refractivity contribution in [1.29, 1.82) is 0 Å². The predicted octanol–water partition coefficient (Wildman–Crippen LogP) is 5.31. The van der Waals surface area contributed by atoms with Crippen molar-refractivity contribution in [2.75, 3.05) is 0 Å². The molecule has 0 bridgehead atoms. The van der Waals surface area contributed by atoms with Crippen LogP contribution < -0.4 is 0 Å². The maximum Gasteiger partial charge on any atom is 0.173 e. The van der Waals surface area contributed by atoms with E-state index in [0.29, 0.717) is 15.6 Å². The zero-order valence-electron chi connectivity index (χ0n) is 10.0. The number of aliphatic hydroxyl groups is 1. The third-order valence-electron chi connectivity index (χ3n) is 2.85. The van der Waals surface area contributed by atoms with E-state index in [4.69, 9.17) is 23.2 Å². The van der Waals surface area contributed by atoms with E-state index in [0.717, 1.165) is 6.07 Å². The lowest BCUT2D eigenvalue weighted by molar-refractivity contribution is 0.177. The van der Waals surface area contributed by atoms with Crippen molar-refractivity contribution in [2.24, 2.45) is 0 Å². The van der Waals surface area contributed by atoms with Gasteiger partial charge >= 0.3 is 0 Å². The summed E-state index contributed by atoms with van der Waals surface area (Å²) in [5, 5.41) is 11.1. The molecule has 0 aliphatic heterocycles. The van der Waals surface area contributed by atoms with Crippen molar-refractivity contribution < 1.29 is 13.9 Å². The van der Waals surface area contributed by atoms with Gasteiger partial charge in [0.25, 0.3) is 0 Å². The average Bonchev–Trinajstić information content (AvgIpc) is 2.39. The Morgan fingerprint density at radius 1 is 1.15 bits per heavy atom. The zero-order valence-corrected chi connectivity index (χ0v) is 13.1. The zero-order chi connectivity index (χ0) is 14.9. The Morgan fingerprint density at radius 3 is 2.50 bits per heavy atom. The van der Waals surface area contributed by atoms with Gasteiger partial charge in [0.15, 0.2) is 11.6 Å². The summed E-state index contributed by atoms with van der Waals surface area (Å²) in [6.07, 6.45) is -0.849. The molecule has 0 heterocycles. The summed E-state index contributed by atoms with van der Waals surface area (Å²) < 4.78 is 26.4. The fourth-order valence-electron chi connectivity index (χ4n) is 1.80. The summed E-state index contributed by atoms with van der Waals surface area (Å²) in [6.45, 7) is 0. The molecule has 0 aliphatic rings. The Kier molecular flexibility index (Phi) is 5.02. The number of halogens is 5. The van der Waals surface area contributed by atoms with Crippen LogP contribution in [-0.2, 0) is 6.42 Å². The summed E-state index contributed by atoms with van der Waals surface area (Å²) in [5.41, 5.74) is 0.926. The van der Waals surface area contributed by atoms with Gasteiger partial charge in [-0.3, -0.25) is 0 Å². The molecule has 0 fully saturated rings. The second-order valence-corrected chi connectivity index (χ2v) is 5.86. The molecule has 106 valence electrons. The monoisotopic (exact) mass is 380 g/mol. The summed E-state index contributed by atoms with van der Waals surface area (Å²) in [6, 6.07) is 7.20. The highest BCUT2D eigenvalue weighted by atomic mass is 79.9. The fraction of sp³-hybridized carbons (Fsp3) is 0.143. The molecule has 0 saturated heterocycles. The minimum absolute atomic E-state index is 0.0879. The molecule has 0 spiro atoms. The summed E-state index contributed by atoms with van der Waals surface area (Å²) in [4.78, 5) is 0. The molecular formula is C14H9BrCl2F2O. The Bertz CT molecular complexity index is 649. The van der Waals surface area contributed by atoms with Crippen LogP contribution in [-0.4, -0.2) is 5.11 Å². The minimum atomic E-state index is -1.02. The molecular weight excluding hydrogens is 373 g/mol. The first-order valence-corrected chi connectivity index (χ1v) is 7.20. The van der Waals surface area contributed by atoms with Gasteiger partial charge in [0.05, 0.1) is 10.6 Å². The Hall–Kier alpha value is -0.680. The summed E-state index contributed by atoms with van der Waals surface area (Å²) >= 11 is 14.8. The minimum Gasteiger partial charge on any atom is -0.388 e. The van der Waals surface area contributed by atoms with Crippen LogP contribution in [0.4, 0.5) is 8.78 Å². The van der Waals surface area contributed by atoms with Gasteiger partial charge in [-0.25, -0.2) is 8.78 Å². The molecule has 2 aromatic rings. The van der Waals surface area contributed by atoms with Crippen LogP contribution in [0.15, 0.2) is 34.8 Å². The van der Waals surface area contributed by atoms with Crippen molar-refractivity contribution in [1.82, 2.24) is 0 Å². The van der Waals surface area contributed by atoms with E-state index in [2.05, 4.69) is 15.9 Å². The molecule has 20 heavy (non-hydrogen) atoms. The predicted molar refractivity (Wildman–Crippen MR) is 79.2 cm³/mol. The lowest BCUT2D eigenvalue weighted by Crippen LogP contribution is -2.05. The van der Waals surface area contributed by atoms with Gasteiger partial charge in [0.1, 0.15) is 0 Å². The van der Waals surface area contributed by atoms with E-state index in [-0.39, 0.29) is 16.5 Å². The normalized spacial score (nSPS) is 12.5. The van der Waals surface area contributed by atoms with Crippen LogP contribution in [0.2, 0.25) is 10.0 Å². The highest BCUT2D eigenvalue weighted by Crippen LogP contribution is 2.31. The summed E-state index contributed by atoms with van der Waals surface area (Å²) in [5.74, 6) is -2.00. The fourth-order valence-corrected chi connectivity index (χ4v) is 2.88. The molecule has 0 amide bonds.